The summed E-state index contributed by atoms with van der Waals surface area (Å²) in [6, 6.07) is 12.3. The van der Waals surface area contributed by atoms with E-state index in [1.807, 2.05) is 0 Å². The normalized spacial score (nSPS) is 15.8. The van der Waals surface area contributed by atoms with Crippen LogP contribution in [0.2, 0.25) is 0 Å². The fourth-order valence-electron chi connectivity index (χ4n) is 2.81. The Morgan fingerprint density at radius 2 is 1.74 bits per heavy atom. The van der Waals surface area contributed by atoms with Gasteiger partial charge in [-0.2, -0.15) is 0 Å². The molecular weight excluding hydrogens is 422 g/mol. The molecule has 0 unspecified atom stereocenters. The summed E-state index contributed by atoms with van der Waals surface area (Å²) in [6.07, 6.45) is 1.57. The molecule has 0 radical (unpaired) electrons. The summed E-state index contributed by atoms with van der Waals surface area (Å²) in [6.45, 7) is 1.70. The maximum Gasteiger partial charge on any atom is 0.335 e. The molecule has 0 bridgehead atoms. The zero-order valence-electron chi connectivity index (χ0n) is 16.7. The number of carboxylic acid groups (broad SMARTS) is 1. The van der Waals surface area contributed by atoms with Gasteiger partial charge in [-0.3, -0.25) is 14.5 Å². The van der Waals surface area contributed by atoms with Gasteiger partial charge in [0.1, 0.15) is 18.4 Å². The summed E-state index contributed by atoms with van der Waals surface area (Å²) < 4.78 is 10.3. The number of carbonyl (C=O) groups excluding carboxylic acids is 3. The molecule has 1 atom stereocenters. The van der Waals surface area contributed by atoms with Crippen molar-refractivity contribution in [1.29, 1.82) is 0 Å². The van der Waals surface area contributed by atoms with Gasteiger partial charge < -0.3 is 14.6 Å². The van der Waals surface area contributed by atoms with Crippen LogP contribution in [0.1, 0.15) is 28.4 Å². The van der Waals surface area contributed by atoms with Gasteiger partial charge in [0.2, 0.25) is 0 Å². The Morgan fingerprint density at radius 3 is 2.32 bits per heavy atom. The van der Waals surface area contributed by atoms with Gasteiger partial charge in [0.15, 0.2) is 0 Å². The lowest BCUT2D eigenvalue weighted by Crippen LogP contribution is -2.42. The maximum atomic E-state index is 12.5. The molecule has 1 heterocycles. The Morgan fingerprint density at radius 1 is 1.10 bits per heavy atom. The van der Waals surface area contributed by atoms with Crippen molar-refractivity contribution in [2.24, 2.45) is 0 Å². The van der Waals surface area contributed by atoms with Crippen LogP contribution in [-0.2, 0) is 20.9 Å². The number of esters is 1. The lowest BCUT2D eigenvalue weighted by Gasteiger charge is -2.18. The molecule has 0 aliphatic carbocycles. The quantitative estimate of drug-likeness (QED) is 0.513. The number of rotatable bonds is 7. The van der Waals surface area contributed by atoms with Gasteiger partial charge in [-0.15, -0.1) is 0 Å². The van der Waals surface area contributed by atoms with Crippen LogP contribution in [-0.4, -0.2) is 46.2 Å². The van der Waals surface area contributed by atoms with Crippen LogP contribution >= 0.6 is 11.8 Å². The number of carboxylic acids is 1. The second kappa shape index (κ2) is 9.48. The summed E-state index contributed by atoms with van der Waals surface area (Å²) in [4.78, 5) is 48.3. The molecule has 8 nitrogen and oxygen atoms in total. The Bertz CT molecular complexity index is 1040. The number of benzene rings is 2. The van der Waals surface area contributed by atoms with E-state index in [0.717, 1.165) is 22.2 Å². The van der Waals surface area contributed by atoms with Gasteiger partial charge in [0, 0.05) is 0 Å². The minimum absolute atomic E-state index is 0.207. The zero-order valence-corrected chi connectivity index (χ0v) is 17.5. The Labute approximate surface area is 182 Å². The third-order valence-corrected chi connectivity index (χ3v) is 5.42. The molecule has 3 rings (SSSR count). The van der Waals surface area contributed by atoms with Gasteiger partial charge in [-0.05, 0) is 60.2 Å². The molecular formula is C22H19NO7S. The second-order valence-corrected chi connectivity index (χ2v) is 7.60. The van der Waals surface area contributed by atoms with Gasteiger partial charge >= 0.3 is 11.9 Å². The summed E-state index contributed by atoms with van der Waals surface area (Å²) >= 11 is 0.765. The molecule has 1 aliphatic rings. The highest BCUT2D eigenvalue weighted by Crippen LogP contribution is 2.34. The number of amides is 2. The first kappa shape index (κ1) is 22.1. The Balaban J connectivity index is 1.64. The molecule has 31 heavy (non-hydrogen) atoms. The standard InChI is InChI=1S/C22H19NO7S/c1-13(21(27)29-2)23-19(24)18(31-22(23)28)11-14-5-9-17(10-6-14)30-12-15-3-7-16(8-4-15)20(25)26/h3-11,13H,12H2,1-2H3,(H,25,26)/b18-11+/t13-/m1/s1. The molecule has 0 aromatic heterocycles. The third kappa shape index (κ3) is 5.13. The number of nitrogens with zero attached hydrogens (tertiary/aromatic N) is 1. The highest BCUT2D eigenvalue weighted by molar-refractivity contribution is 8.18. The van der Waals surface area contributed by atoms with E-state index in [2.05, 4.69) is 4.74 Å². The molecule has 0 saturated carbocycles. The number of hydrogen-bond donors (Lipinski definition) is 1. The van der Waals surface area contributed by atoms with Crippen LogP contribution in [0.3, 0.4) is 0 Å². The van der Waals surface area contributed by atoms with Crippen molar-refractivity contribution in [3.8, 4) is 5.75 Å². The molecule has 160 valence electrons. The maximum absolute atomic E-state index is 12.5. The van der Waals surface area contributed by atoms with E-state index in [1.165, 1.54) is 26.2 Å². The second-order valence-electron chi connectivity index (χ2n) is 6.61. The van der Waals surface area contributed by atoms with Crippen molar-refractivity contribution in [3.63, 3.8) is 0 Å². The molecule has 2 aromatic carbocycles. The minimum Gasteiger partial charge on any atom is -0.489 e. The van der Waals surface area contributed by atoms with Crippen molar-refractivity contribution >= 4 is 40.9 Å². The lowest BCUT2D eigenvalue weighted by molar-refractivity contribution is -0.148. The number of ether oxygens (including phenoxy) is 2. The molecule has 1 saturated heterocycles. The summed E-state index contributed by atoms with van der Waals surface area (Å²) in [5.74, 6) is -1.60. The number of methoxy groups -OCH3 is 1. The van der Waals surface area contributed by atoms with Crippen molar-refractivity contribution in [1.82, 2.24) is 4.90 Å². The molecule has 2 amide bonds. The fourth-order valence-corrected chi connectivity index (χ4v) is 3.72. The number of thioether (sulfide) groups is 1. The van der Waals surface area contributed by atoms with E-state index in [9.17, 15) is 19.2 Å². The first-order valence-electron chi connectivity index (χ1n) is 9.20. The summed E-state index contributed by atoms with van der Waals surface area (Å²) in [5, 5.41) is 8.39. The fraction of sp³-hybridized carbons (Fsp3) is 0.182. The van der Waals surface area contributed by atoms with Gasteiger partial charge in [0.05, 0.1) is 17.6 Å². The SMILES string of the molecule is COC(=O)[C@@H](C)N1C(=O)S/C(=C/c2ccc(OCc3ccc(C(=O)O)cc3)cc2)C1=O. The molecule has 1 fully saturated rings. The summed E-state index contributed by atoms with van der Waals surface area (Å²) in [5.41, 5.74) is 1.72. The van der Waals surface area contributed by atoms with E-state index in [0.29, 0.717) is 11.3 Å². The number of aromatic carboxylic acids is 1. The largest absolute Gasteiger partial charge is 0.489 e. The molecule has 9 heteroatoms. The van der Waals surface area contributed by atoms with Crippen molar-refractivity contribution < 1.29 is 33.8 Å². The molecule has 0 spiro atoms. The van der Waals surface area contributed by atoms with Crippen LogP contribution in [0.5, 0.6) is 5.75 Å². The van der Waals surface area contributed by atoms with Gasteiger partial charge in [0.25, 0.3) is 11.1 Å². The Kier molecular flexibility index (Phi) is 6.76. The number of carbonyl (C=O) groups is 4. The monoisotopic (exact) mass is 441 g/mol. The predicted octanol–water partition coefficient (Wildman–Crippen LogP) is 3.56. The first-order chi connectivity index (χ1) is 14.8. The van der Waals surface area contributed by atoms with Crippen LogP contribution in [0.15, 0.2) is 53.4 Å². The first-order valence-corrected chi connectivity index (χ1v) is 10.0. The lowest BCUT2D eigenvalue weighted by atomic mass is 10.1. The zero-order chi connectivity index (χ0) is 22.5. The summed E-state index contributed by atoms with van der Waals surface area (Å²) in [7, 11) is 1.20. The molecule has 1 N–H and O–H groups in total. The van der Waals surface area contributed by atoms with Crippen molar-refractivity contribution in [2.75, 3.05) is 7.11 Å². The molecule has 1 aliphatic heterocycles. The Hall–Kier alpha value is -3.59. The van der Waals surface area contributed by atoms with Crippen molar-refractivity contribution in [2.45, 2.75) is 19.6 Å². The average molecular weight is 441 g/mol. The van der Waals surface area contributed by atoms with Gasteiger partial charge in [-0.25, -0.2) is 9.59 Å². The topological polar surface area (TPSA) is 110 Å². The highest BCUT2D eigenvalue weighted by Gasteiger charge is 2.41. The van der Waals surface area contributed by atoms with Crippen LogP contribution in [0.4, 0.5) is 4.79 Å². The van der Waals surface area contributed by atoms with Gasteiger partial charge in [-0.1, -0.05) is 24.3 Å². The van der Waals surface area contributed by atoms with E-state index < -0.39 is 29.1 Å². The van der Waals surface area contributed by atoms with Crippen LogP contribution < -0.4 is 4.74 Å². The van der Waals surface area contributed by atoms with E-state index >= 15 is 0 Å². The van der Waals surface area contributed by atoms with Crippen LogP contribution in [0.25, 0.3) is 6.08 Å². The average Bonchev–Trinajstić information content (AvgIpc) is 3.05. The number of imide groups is 1. The smallest absolute Gasteiger partial charge is 0.335 e. The van der Waals surface area contributed by atoms with Crippen LogP contribution in [0, 0.1) is 0 Å². The van der Waals surface area contributed by atoms with E-state index in [4.69, 9.17) is 9.84 Å². The van der Waals surface area contributed by atoms with E-state index in [-0.39, 0.29) is 17.1 Å². The minimum atomic E-state index is -0.997. The number of hydrogen-bond acceptors (Lipinski definition) is 7. The predicted molar refractivity (Wildman–Crippen MR) is 113 cm³/mol. The van der Waals surface area contributed by atoms with E-state index in [1.54, 1.807) is 42.5 Å². The van der Waals surface area contributed by atoms with Crippen molar-refractivity contribution in [3.05, 3.63) is 70.1 Å². The molecule has 2 aromatic rings. The third-order valence-electron chi connectivity index (χ3n) is 4.54. The highest BCUT2D eigenvalue weighted by atomic mass is 32.2.